The lowest BCUT2D eigenvalue weighted by Gasteiger charge is -2.22. The summed E-state index contributed by atoms with van der Waals surface area (Å²) in [6, 6.07) is 57.3. The number of rotatable bonds is 2. The summed E-state index contributed by atoms with van der Waals surface area (Å²) in [5, 5.41) is 7.66. The van der Waals surface area contributed by atoms with Crippen LogP contribution in [0.1, 0.15) is 49.9 Å². The minimum absolute atomic E-state index is 0.0767. The summed E-state index contributed by atoms with van der Waals surface area (Å²) >= 11 is 0. The van der Waals surface area contributed by atoms with Gasteiger partial charge in [0.1, 0.15) is 0 Å². The Kier molecular flexibility index (Phi) is 5.58. The van der Waals surface area contributed by atoms with Crippen molar-refractivity contribution in [3.05, 3.63) is 174 Å². The van der Waals surface area contributed by atoms with E-state index in [1.807, 2.05) is 0 Å². The summed E-state index contributed by atoms with van der Waals surface area (Å²) in [6.07, 6.45) is 0. The van der Waals surface area contributed by atoms with E-state index in [2.05, 4.69) is 184 Å². The van der Waals surface area contributed by atoms with E-state index in [1.54, 1.807) is 0 Å². The predicted molar refractivity (Wildman–Crippen MR) is 216 cm³/mol. The third-order valence-corrected chi connectivity index (χ3v) is 12.3. The van der Waals surface area contributed by atoms with Crippen molar-refractivity contribution in [1.82, 2.24) is 4.57 Å². The lowest BCUT2D eigenvalue weighted by molar-refractivity contribution is 0.660. The molecule has 0 bridgehead atoms. The maximum atomic E-state index is 2.54. The molecule has 1 heteroatoms. The first kappa shape index (κ1) is 28.9. The molecule has 0 fully saturated rings. The summed E-state index contributed by atoms with van der Waals surface area (Å²) in [7, 11) is 0. The fourth-order valence-corrected chi connectivity index (χ4v) is 9.60. The van der Waals surface area contributed by atoms with E-state index < -0.39 is 0 Å². The van der Waals surface area contributed by atoms with Crippen LogP contribution in [0.3, 0.4) is 0 Å². The van der Waals surface area contributed by atoms with Crippen LogP contribution in [0.5, 0.6) is 0 Å². The lowest BCUT2D eigenvalue weighted by Crippen LogP contribution is -2.15. The zero-order chi connectivity index (χ0) is 34.2. The lowest BCUT2D eigenvalue weighted by atomic mass is 9.82. The molecule has 0 radical (unpaired) electrons. The molecule has 2 aliphatic carbocycles. The minimum atomic E-state index is -0.0767. The van der Waals surface area contributed by atoms with Crippen molar-refractivity contribution in [2.75, 3.05) is 0 Å². The van der Waals surface area contributed by atoms with Gasteiger partial charge in [-0.05, 0) is 126 Å². The molecule has 242 valence electrons. The fourth-order valence-electron chi connectivity index (χ4n) is 9.60. The van der Waals surface area contributed by atoms with Gasteiger partial charge >= 0.3 is 0 Å². The molecular formula is C50H37N. The molecule has 0 spiro atoms. The number of nitrogens with zero attached hydrogens (tertiary/aromatic N) is 1. The molecule has 2 aliphatic rings. The zero-order valence-corrected chi connectivity index (χ0v) is 29.4. The second-order valence-corrected chi connectivity index (χ2v) is 15.8. The van der Waals surface area contributed by atoms with Gasteiger partial charge < -0.3 is 4.57 Å². The topological polar surface area (TPSA) is 4.93 Å². The molecule has 1 heterocycles. The second-order valence-electron chi connectivity index (χ2n) is 15.8. The van der Waals surface area contributed by atoms with E-state index >= 15 is 0 Å². The Balaban J connectivity index is 1.16. The predicted octanol–water partition coefficient (Wildman–Crippen LogP) is 13.4. The summed E-state index contributed by atoms with van der Waals surface area (Å²) in [4.78, 5) is 0. The van der Waals surface area contributed by atoms with Crippen molar-refractivity contribution in [1.29, 1.82) is 0 Å². The van der Waals surface area contributed by atoms with Crippen LogP contribution in [-0.4, -0.2) is 4.57 Å². The van der Waals surface area contributed by atoms with Crippen LogP contribution in [0.2, 0.25) is 0 Å². The first-order valence-corrected chi connectivity index (χ1v) is 18.2. The molecule has 0 atom stereocenters. The molecule has 51 heavy (non-hydrogen) atoms. The largest absolute Gasteiger partial charge is 0.309 e. The van der Waals surface area contributed by atoms with Gasteiger partial charge in [0.25, 0.3) is 0 Å². The van der Waals surface area contributed by atoms with Crippen LogP contribution >= 0.6 is 0 Å². The second kappa shape index (κ2) is 9.86. The number of benzene rings is 8. The van der Waals surface area contributed by atoms with Crippen LogP contribution in [0.4, 0.5) is 0 Å². The summed E-state index contributed by atoms with van der Waals surface area (Å²) in [6.45, 7) is 9.53. The molecule has 0 amide bonds. The molecule has 0 unspecified atom stereocenters. The van der Waals surface area contributed by atoms with Gasteiger partial charge in [-0.2, -0.15) is 0 Å². The molecule has 1 aromatic heterocycles. The Bertz CT molecular complexity index is 2850. The van der Waals surface area contributed by atoms with Crippen molar-refractivity contribution in [3.8, 4) is 39.1 Å². The van der Waals surface area contributed by atoms with Gasteiger partial charge in [0, 0.05) is 27.3 Å². The standard InChI is InChI=1S/C50H37N/c1-49(2)43-15-9-7-13-37(43)39-26-41-42-27-40-38-14-8-10-16-44(38)50(3,4)46(40)29-48(42)51(47(41)28-45(39)49)36-22-21-34-24-33(19-20-35(34)25-36)32-18-17-30-11-5-6-12-31(30)23-32/h5-29H,1-4H3. The highest BCUT2D eigenvalue weighted by molar-refractivity contribution is 6.14. The smallest absolute Gasteiger partial charge is 0.0544 e. The highest BCUT2D eigenvalue weighted by atomic mass is 15.0. The van der Waals surface area contributed by atoms with E-state index in [4.69, 9.17) is 0 Å². The average molecular weight is 652 g/mol. The third-order valence-electron chi connectivity index (χ3n) is 12.3. The Morgan fingerprint density at radius 2 is 0.804 bits per heavy atom. The van der Waals surface area contributed by atoms with Gasteiger partial charge in [-0.3, -0.25) is 0 Å². The highest BCUT2D eigenvalue weighted by Crippen LogP contribution is 2.54. The molecule has 8 aromatic carbocycles. The Morgan fingerprint density at radius 3 is 1.39 bits per heavy atom. The van der Waals surface area contributed by atoms with Gasteiger partial charge in [-0.25, -0.2) is 0 Å². The van der Waals surface area contributed by atoms with Gasteiger partial charge in [-0.1, -0.05) is 131 Å². The average Bonchev–Trinajstić information content (AvgIpc) is 3.68. The molecule has 0 aliphatic heterocycles. The van der Waals surface area contributed by atoms with E-state index in [0.29, 0.717) is 0 Å². The van der Waals surface area contributed by atoms with Crippen LogP contribution in [0.15, 0.2) is 152 Å². The quantitative estimate of drug-likeness (QED) is 0.175. The molecule has 9 aromatic rings. The number of hydrogen-bond donors (Lipinski definition) is 0. The van der Waals surface area contributed by atoms with Gasteiger partial charge in [-0.15, -0.1) is 0 Å². The molecular weight excluding hydrogens is 615 g/mol. The van der Waals surface area contributed by atoms with Crippen molar-refractivity contribution >= 4 is 43.4 Å². The van der Waals surface area contributed by atoms with Crippen molar-refractivity contribution in [3.63, 3.8) is 0 Å². The van der Waals surface area contributed by atoms with Gasteiger partial charge in [0.05, 0.1) is 11.0 Å². The third kappa shape index (κ3) is 3.87. The molecule has 0 N–H and O–H groups in total. The monoisotopic (exact) mass is 651 g/mol. The van der Waals surface area contributed by atoms with E-state index in [0.717, 1.165) is 0 Å². The van der Waals surface area contributed by atoms with Crippen LogP contribution < -0.4 is 0 Å². The van der Waals surface area contributed by atoms with Crippen LogP contribution in [-0.2, 0) is 10.8 Å². The van der Waals surface area contributed by atoms with Crippen molar-refractivity contribution in [2.24, 2.45) is 0 Å². The van der Waals surface area contributed by atoms with Crippen molar-refractivity contribution < 1.29 is 0 Å². The molecule has 0 saturated heterocycles. The van der Waals surface area contributed by atoms with Gasteiger partial charge in [0.15, 0.2) is 0 Å². The van der Waals surface area contributed by atoms with E-state index in [1.165, 1.54) is 105 Å². The van der Waals surface area contributed by atoms with Gasteiger partial charge in [0.2, 0.25) is 0 Å². The number of hydrogen-bond acceptors (Lipinski definition) is 0. The number of fused-ring (bicyclic) bond motifs is 11. The van der Waals surface area contributed by atoms with Crippen LogP contribution in [0, 0.1) is 0 Å². The molecule has 0 saturated carbocycles. The summed E-state index contributed by atoms with van der Waals surface area (Å²) in [5.74, 6) is 0. The SMILES string of the molecule is CC1(C)c2ccccc2-c2cc3c4cc5c(cc4n(-c4ccc6cc(-c7ccc8ccccc8c7)ccc6c4)c3cc21)C(C)(C)c1ccccc1-5. The fraction of sp³-hybridized carbons (Fsp3) is 0.120. The highest BCUT2D eigenvalue weighted by Gasteiger charge is 2.38. The normalized spacial score (nSPS) is 15.0. The van der Waals surface area contributed by atoms with Crippen molar-refractivity contribution in [2.45, 2.75) is 38.5 Å². The van der Waals surface area contributed by atoms with E-state index in [9.17, 15) is 0 Å². The zero-order valence-electron chi connectivity index (χ0n) is 29.4. The Labute approximate surface area is 298 Å². The maximum absolute atomic E-state index is 2.54. The van der Waals surface area contributed by atoms with Crippen LogP contribution in [0.25, 0.3) is 82.4 Å². The maximum Gasteiger partial charge on any atom is 0.0544 e. The first-order chi connectivity index (χ1) is 24.8. The Morgan fingerprint density at radius 1 is 0.353 bits per heavy atom. The minimum Gasteiger partial charge on any atom is -0.309 e. The summed E-state index contributed by atoms with van der Waals surface area (Å²) in [5.41, 5.74) is 17.1. The summed E-state index contributed by atoms with van der Waals surface area (Å²) < 4.78 is 2.54. The Hall–Kier alpha value is -5.92. The first-order valence-electron chi connectivity index (χ1n) is 18.2. The number of aromatic nitrogens is 1. The molecule has 1 nitrogen and oxygen atoms in total. The molecule has 11 rings (SSSR count). The van der Waals surface area contributed by atoms with E-state index in [-0.39, 0.29) is 10.8 Å².